The Hall–Kier alpha value is -2.40. The molecule has 5 heteroatoms. The van der Waals surface area contributed by atoms with Crippen LogP contribution in [0.4, 0.5) is 10.1 Å². The first kappa shape index (κ1) is 14.0. The summed E-state index contributed by atoms with van der Waals surface area (Å²) in [5.74, 6) is -1.28. The van der Waals surface area contributed by atoms with Crippen molar-refractivity contribution in [2.24, 2.45) is 0 Å². The van der Waals surface area contributed by atoms with Crippen molar-refractivity contribution >= 4 is 11.6 Å². The van der Waals surface area contributed by atoms with Crippen molar-refractivity contribution in [3.8, 4) is 0 Å². The summed E-state index contributed by atoms with van der Waals surface area (Å²) in [6.45, 7) is -0.271. The Labute approximate surface area is 116 Å². The SMILES string of the molecule is Nc1ccc(C(=O)NC(CO)c2ccccc2)c(F)c1. The van der Waals surface area contributed by atoms with Gasteiger partial charge in [-0.2, -0.15) is 0 Å². The highest BCUT2D eigenvalue weighted by atomic mass is 19.1. The molecule has 2 aromatic carbocycles. The molecule has 20 heavy (non-hydrogen) atoms. The number of amides is 1. The van der Waals surface area contributed by atoms with Gasteiger partial charge in [-0.1, -0.05) is 30.3 Å². The van der Waals surface area contributed by atoms with E-state index >= 15 is 0 Å². The van der Waals surface area contributed by atoms with Gasteiger partial charge in [0.05, 0.1) is 18.2 Å². The predicted molar refractivity (Wildman–Crippen MR) is 74.5 cm³/mol. The van der Waals surface area contributed by atoms with Gasteiger partial charge in [0.25, 0.3) is 5.91 Å². The van der Waals surface area contributed by atoms with Crippen LogP contribution in [-0.2, 0) is 0 Å². The van der Waals surface area contributed by atoms with E-state index in [2.05, 4.69) is 5.32 Å². The van der Waals surface area contributed by atoms with Crippen molar-refractivity contribution in [2.75, 3.05) is 12.3 Å². The summed E-state index contributed by atoms with van der Waals surface area (Å²) in [5.41, 5.74) is 6.33. The molecule has 0 saturated heterocycles. The van der Waals surface area contributed by atoms with Gasteiger partial charge in [-0.25, -0.2) is 4.39 Å². The number of carbonyl (C=O) groups excluding carboxylic acids is 1. The maximum atomic E-state index is 13.7. The molecule has 0 aliphatic heterocycles. The fourth-order valence-electron chi connectivity index (χ4n) is 1.87. The second kappa shape index (κ2) is 6.16. The topological polar surface area (TPSA) is 75.4 Å². The van der Waals surface area contributed by atoms with Gasteiger partial charge in [-0.3, -0.25) is 4.79 Å². The molecule has 0 saturated carbocycles. The number of halogens is 1. The van der Waals surface area contributed by atoms with Gasteiger partial charge < -0.3 is 16.2 Å². The fourth-order valence-corrected chi connectivity index (χ4v) is 1.87. The number of hydrogen-bond acceptors (Lipinski definition) is 3. The summed E-state index contributed by atoms with van der Waals surface area (Å²) in [7, 11) is 0. The number of carbonyl (C=O) groups is 1. The zero-order chi connectivity index (χ0) is 14.5. The van der Waals surface area contributed by atoms with E-state index in [0.717, 1.165) is 11.6 Å². The van der Waals surface area contributed by atoms with Crippen molar-refractivity contribution in [3.63, 3.8) is 0 Å². The van der Waals surface area contributed by atoms with E-state index in [9.17, 15) is 14.3 Å². The Balaban J connectivity index is 2.17. The highest BCUT2D eigenvalue weighted by molar-refractivity contribution is 5.95. The number of hydrogen-bond donors (Lipinski definition) is 3. The first-order valence-corrected chi connectivity index (χ1v) is 6.13. The van der Waals surface area contributed by atoms with E-state index in [1.165, 1.54) is 12.1 Å². The summed E-state index contributed by atoms with van der Waals surface area (Å²) in [5, 5.41) is 12.0. The summed E-state index contributed by atoms with van der Waals surface area (Å²) in [6.07, 6.45) is 0. The third-order valence-electron chi connectivity index (χ3n) is 2.93. The molecule has 1 amide bonds. The largest absolute Gasteiger partial charge is 0.399 e. The van der Waals surface area contributed by atoms with Gasteiger partial charge in [0, 0.05) is 5.69 Å². The molecule has 0 aliphatic carbocycles. The van der Waals surface area contributed by atoms with E-state index < -0.39 is 17.8 Å². The first-order chi connectivity index (χ1) is 9.61. The Kier molecular flexibility index (Phi) is 4.32. The number of anilines is 1. The lowest BCUT2D eigenvalue weighted by molar-refractivity contribution is 0.0912. The highest BCUT2D eigenvalue weighted by Crippen LogP contribution is 2.15. The van der Waals surface area contributed by atoms with Crippen LogP contribution in [-0.4, -0.2) is 17.6 Å². The maximum Gasteiger partial charge on any atom is 0.254 e. The van der Waals surface area contributed by atoms with Gasteiger partial charge in [-0.05, 0) is 23.8 Å². The lowest BCUT2D eigenvalue weighted by Gasteiger charge is -2.17. The van der Waals surface area contributed by atoms with Gasteiger partial charge in [-0.15, -0.1) is 0 Å². The minimum Gasteiger partial charge on any atom is -0.399 e. The van der Waals surface area contributed by atoms with Gasteiger partial charge in [0.15, 0.2) is 0 Å². The average Bonchev–Trinajstić information content (AvgIpc) is 2.45. The molecule has 0 aromatic heterocycles. The van der Waals surface area contributed by atoms with Crippen LogP contribution in [0.3, 0.4) is 0 Å². The molecule has 4 nitrogen and oxygen atoms in total. The number of nitrogen functional groups attached to an aromatic ring is 1. The molecule has 2 rings (SSSR count). The predicted octanol–water partition coefficient (Wildman–Crippen LogP) is 1.87. The number of aliphatic hydroxyl groups excluding tert-OH is 1. The van der Waals surface area contributed by atoms with Crippen molar-refractivity contribution in [3.05, 3.63) is 65.5 Å². The summed E-state index contributed by atoms with van der Waals surface area (Å²) >= 11 is 0. The minimum atomic E-state index is -0.688. The molecule has 104 valence electrons. The molecular formula is C15H15FN2O2. The molecule has 0 spiro atoms. The molecule has 4 N–H and O–H groups in total. The molecule has 0 radical (unpaired) electrons. The lowest BCUT2D eigenvalue weighted by atomic mass is 10.1. The second-order valence-electron chi connectivity index (χ2n) is 4.36. The molecule has 0 bridgehead atoms. The molecule has 0 fully saturated rings. The van der Waals surface area contributed by atoms with Crippen LogP contribution >= 0.6 is 0 Å². The Morgan fingerprint density at radius 2 is 1.95 bits per heavy atom. The van der Waals surface area contributed by atoms with Crippen molar-refractivity contribution < 1.29 is 14.3 Å². The Bertz CT molecular complexity index is 602. The first-order valence-electron chi connectivity index (χ1n) is 6.13. The zero-order valence-corrected chi connectivity index (χ0v) is 10.7. The highest BCUT2D eigenvalue weighted by Gasteiger charge is 2.17. The molecule has 1 unspecified atom stereocenters. The third-order valence-corrected chi connectivity index (χ3v) is 2.93. The molecule has 2 aromatic rings. The van der Waals surface area contributed by atoms with Crippen LogP contribution in [0.25, 0.3) is 0 Å². The van der Waals surface area contributed by atoms with Crippen LogP contribution in [0, 0.1) is 5.82 Å². The van der Waals surface area contributed by atoms with Crippen LogP contribution in [0.15, 0.2) is 48.5 Å². The Morgan fingerprint density at radius 1 is 1.25 bits per heavy atom. The van der Waals surface area contributed by atoms with Crippen molar-refractivity contribution in [2.45, 2.75) is 6.04 Å². The quantitative estimate of drug-likeness (QED) is 0.745. The molecule has 0 heterocycles. The second-order valence-corrected chi connectivity index (χ2v) is 4.36. The van der Waals surface area contributed by atoms with Crippen LogP contribution in [0.2, 0.25) is 0 Å². The Morgan fingerprint density at radius 3 is 2.55 bits per heavy atom. The van der Waals surface area contributed by atoms with Crippen LogP contribution < -0.4 is 11.1 Å². The number of benzene rings is 2. The maximum absolute atomic E-state index is 13.7. The molecule has 1 atom stereocenters. The number of nitrogens with two attached hydrogens (primary N) is 1. The molecular weight excluding hydrogens is 259 g/mol. The van der Waals surface area contributed by atoms with E-state index in [1.54, 1.807) is 24.3 Å². The summed E-state index contributed by atoms with van der Waals surface area (Å²) in [4.78, 5) is 12.0. The summed E-state index contributed by atoms with van der Waals surface area (Å²) < 4.78 is 13.7. The lowest BCUT2D eigenvalue weighted by Crippen LogP contribution is -2.31. The average molecular weight is 274 g/mol. The zero-order valence-electron chi connectivity index (χ0n) is 10.7. The van der Waals surface area contributed by atoms with Crippen molar-refractivity contribution in [1.29, 1.82) is 0 Å². The van der Waals surface area contributed by atoms with Gasteiger partial charge >= 0.3 is 0 Å². The monoisotopic (exact) mass is 274 g/mol. The van der Waals surface area contributed by atoms with Crippen molar-refractivity contribution in [1.82, 2.24) is 5.32 Å². The number of nitrogens with one attached hydrogen (secondary N) is 1. The van der Waals surface area contributed by atoms with Gasteiger partial charge in [0.2, 0.25) is 0 Å². The standard InChI is InChI=1S/C15H15FN2O2/c16-13-8-11(17)6-7-12(13)15(20)18-14(9-19)10-4-2-1-3-5-10/h1-8,14,19H,9,17H2,(H,18,20). The van der Waals surface area contributed by atoms with Gasteiger partial charge in [0.1, 0.15) is 5.82 Å². The van der Waals surface area contributed by atoms with E-state index in [-0.39, 0.29) is 17.9 Å². The minimum absolute atomic E-state index is 0.103. The number of aliphatic hydroxyl groups is 1. The summed E-state index contributed by atoms with van der Waals surface area (Å²) in [6, 6.07) is 12.3. The fraction of sp³-hybridized carbons (Fsp3) is 0.133. The third kappa shape index (κ3) is 3.13. The van der Waals surface area contributed by atoms with Crippen LogP contribution in [0.5, 0.6) is 0 Å². The van der Waals surface area contributed by atoms with E-state index in [0.29, 0.717) is 0 Å². The van der Waals surface area contributed by atoms with E-state index in [4.69, 9.17) is 5.73 Å². The van der Waals surface area contributed by atoms with Crippen LogP contribution in [0.1, 0.15) is 22.0 Å². The smallest absolute Gasteiger partial charge is 0.254 e. The van der Waals surface area contributed by atoms with E-state index in [1.807, 2.05) is 6.07 Å². The normalized spacial score (nSPS) is 11.9. The molecule has 0 aliphatic rings. The number of rotatable bonds is 4.